The van der Waals surface area contributed by atoms with Crippen molar-refractivity contribution in [1.29, 1.82) is 0 Å². The van der Waals surface area contributed by atoms with Crippen LogP contribution in [0.1, 0.15) is 6.92 Å². The third-order valence-electron chi connectivity index (χ3n) is 2.69. The number of anilines is 1. The van der Waals surface area contributed by atoms with Gasteiger partial charge < -0.3 is 4.90 Å². The summed E-state index contributed by atoms with van der Waals surface area (Å²) in [6.45, 7) is 2.59. The molecule has 0 atom stereocenters. The van der Waals surface area contributed by atoms with Crippen LogP contribution in [0.3, 0.4) is 0 Å². The van der Waals surface area contributed by atoms with Crippen molar-refractivity contribution in [2.24, 2.45) is 0 Å². The summed E-state index contributed by atoms with van der Waals surface area (Å²) < 4.78 is 0. The molecule has 1 aromatic heterocycles. The van der Waals surface area contributed by atoms with Gasteiger partial charge in [0.1, 0.15) is 11.2 Å². The maximum absolute atomic E-state index is 11.1. The highest BCUT2D eigenvalue weighted by atomic mass is 35.5. The second kappa shape index (κ2) is 4.73. The maximum atomic E-state index is 11.1. The number of nitro groups is 1. The number of non-ortho nitro benzene ring substituents is 1. The Labute approximate surface area is 108 Å². The first-order chi connectivity index (χ1) is 8.54. The number of fused-ring (bicyclic) bond motifs is 1. The van der Waals surface area contributed by atoms with E-state index in [1.807, 2.05) is 6.92 Å². The molecule has 0 aliphatic carbocycles. The van der Waals surface area contributed by atoms with Crippen LogP contribution in [0, 0.1) is 10.1 Å². The van der Waals surface area contributed by atoms with Crippen molar-refractivity contribution in [3.8, 4) is 0 Å². The number of halogens is 1. The molecule has 0 aliphatic heterocycles. The summed E-state index contributed by atoms with van der Waals surface area (Å²) in [5, 5.41) is 11.6. The van der Waals surface area contributed by atoms with E-state index < -0.39 is 4.92 Å². The van der Waals surface area contributed by atoms with E-state index in [1.165, 1.54) is 6.07 Å². The van der Waals surface area contributed by atoms with Crippen molar-refractivity contribution >= 4 is 34.0 Å². The summed E-state index contributed by atoms with van der Waals surface area (Å²) >= 11 is 5.84. The molecule has 0 bridgehead atoms. The molecule has 0 amide bonds. The Morgan fingerprint density at radius 1 is 1.44 bits per heavy atom. The quantitative estimate of drug-likeness (QED) is 0.485. The Bertz CT molecular complexity index is 617. The molecule has 1 heterocycles. The van der Waals surface area contributed by atoms with Crippen LogP contribution in [0.5, 0.6) is 0 Å². The molecular formula is C11H11ClN4O2. The van der Waals surface area contributed by atoms with Gasteiger partial charge in [-0.25, -0.2) is 4.98 Å². The van der Waals surface area contributed by atoms with Gasteiger partial charge in [-0.3, -0.25) is 10.1 Å². The van der Waals surface area contributed by atoms with E-state index in [1.54, 1.807) is 24.1 Å². The minimum Gasteiger partial charge on any atom is -0.359 e. The summed E-state index contributed by atoms with van der Waals surface area (Å²) in [6, 6.07) is 4.70. The first-order valence-electron chi connectivity index (χ1n) is 5.36. The average Bonchev–Trinajstić information content (AvgIpc) is 2.35. The van der Waals surface area contributed by atoms with Gasteiger partial charge in [0.2, 0.25) is 5.28 Å². The van der Waals surface area contributed by atoms with Gasteiger partial charge in [-0.15, -0.1) is 0 Å². The SMILES string of the molecule is CCN(C)c1nc(Cl)nc2cccc([N+](=O)[O-])c12. The Balaban J connectivity index is 2.86. The molecule has 0 saturated heterocycles. The average molecular weight is 267 g/mol. The Kier molecular flexibility index (Phi) is 3.29. The summed E-state index contributed by atoms with van der Waals surface area (Å²) in [6.07, 6.45) is 0. The normalized spacial score (nSPS) is 10.6. The topological polar surface area (TPSA) is 72.2 Å². The minimum atomic E-state index is -0.438. The lowest BCUT2D eigenvalue weighted by Crippen LogP contribution is -2.18. The van der Waals surface area contributed by atoms with Crippen LogP contribution < -0.4 is 4.90 Å². The van der Waals surface area contributed by atoms with Crippen LogP contribution in [-0.2, 0) is 0 Å². The van der Waals surface area contributed by atoms with Gasteiger partial charge in [0.15, 0.2) is 0 Å². The van der Waals surface area contributed by atoms with E-state index in [0.717, 1.165) is 0 Å². The van der Waals surface area contributed by atoms with Gasteiger partial charge in [-0.05, 0) is 24.6 Å². The number of nitrogens with zero attached hydrogens (tertiary/aromatic N) is 4. The predicted octanol–water partition coefficient (Wildman–Crippen LogP) is 2.65. The standard InChI is InChI=1S/C11H11ClN4O2/c1-3-15(2)10-9-7(13-11(12)14-10)5-4-6-8(9)16(17)18/h4-6H,3H2,1-2H3. The van der Waals surface area contributed by atoms with Gasteiger partial charge in [0.05, 0.1) is 10.4 Å². The van der Waals surface area contributed by atoms with Crippen molar-refractivity contribution in [1.82, 2.24) is 9.97 Å². The highest BCUT2D eigenvalue weighted by Gasteiger charge is 2.19. The number of rotatable bonds is 3. The predicted molar refractivity (Wildman–Crippen MR) is 70.1 cm³/mol. The number of nitro benzene ring substituents is 1. The van der Waals surface area contributed by atoms with E-state index in [-0.39, 0.29) is 11.0 Å². The molecule has 0 fully saturated rings. The lowest BCUT2D eigenvalue weighted by Gasteiger charge is -2.17. The largest absolute Gasteiger partial charge is 0.359 e. The summed E-state index contributed by atoms with van der Waals surface area (Å²) in [5.74, 6) is 0.472. The zero-order chi connectivity index (χ0) is 13.3. The molecule has 0 spiro atoms. The molecule has 0 saturated carbocycles. The van der Waals surface area contributed by atoms with Crippen LogP contribution in [0.4, 0.5) is 11.5 Å². The minimum absolute atomic E-state index is 0.0144. The zero-order valence-corrected chi connectivity index (χ0v) is 10.7. The maximum Gasteiger partial charge on any atom is 0.282 e. The van der Waals surface area contributed by atoms with Crippen LogP contribution in [0.15, 0.2) is 18.2 Å². The lowest BCUT2D eigenvalue weighted by molar-refractivity contribution is -0.383. The third-order valence-corrected chi connectivity index (χ3v) is 2.86. The number of hydrogen-bond donors (Lipinski definition) is 0. The van der Waals surface area contributed by atoms with Crippen LogP contribution in [-0.4, -0.2) is 28.5 Å². The van der Waals surface area contributed by atoms with E-state index in [2.05, 4.69) is 9.97 Å². The van der Waals surface area contributed by atoms with Gasteiger partial charge in [0, 0.05) is 19.7 Å². The second-order valence-corrected chi connectivity index (χ2v) is 4.10. The molecular weight excluding hydrogens is 256 g/mol. The molecule has 7 heteroatoms. The monoisotopic (exact) mass is 266 g/mol. The van der Waals surface area contributed by atoms with E-state index in [4.69, 9.17) is 11.6 Å². The van der Waals surface area contributed by atoms with Crippen LogP contribution in [0.25, 0.3) is 10.9 Å². The van der Waals surface area contributed by atoms with Crippen LogP contribution in [0.2, 0.25) is 5.28 Å². The van der Waals surface area contributed by atoms with E-state index in [0.29, 0.717) is 23.3 Å². The second-order valence-electron chi connectivity index (χ2n) is 3.76. The molecule has 1 aromatic carbocycles. The van der Waals surface area contributed by atoms with Crippen molar-refractivity contribution in [2.75, 3.05) is 18.5 Å². The lowest BCUT2D eigenvalue weighted by atomic mass is 10.2. The fraction of sp³-hybridized carbons (Fsp3) is 0.273. The molecule has 94 valence electrons. The highest BCUT2D eigenvalue weighted by molar-refractivity contribution is 6.29. The Morgan fingerprint density at radius 3 is 2.78 bits per heavy atom. The fourth-order valence-corrected chi connectivity index (χ4v) is 1.87. The summed E-state index contributed by atoms with van der Waals surface area (Å²) in [7, 11) is 1.80. The molecule has 0 unspecified atom stereocenters. The fourth-order valence-electron chi connectivity index (χ4n) is 1.70. The van der Waals surface area contributed by atoms with E-state index >= 15 is 0 Å². The van der Waals surface area contributed by atoms with Crippen molar-refractivity contribution < 1.29 is 4.92 Å². The van der Waals surface area contributed by atoms with E-state index in [9.17, 15) is 10.1 Å². The number of aromatic nitrogens is 2. The molecule has 0 N–H and O–H groups in total. The Morgan fingerprint density at radius 2 is 2.17 bits per heavy atom. The van der Waals surface area contributed by atoms with Gasteiger partial charge in [0.25, 0.3) is 5.69 Å². The summed E-state index contributed by atoms with van der Waals surface area (Å²) in [4.78, 5) is 20.5. The summed E-state index contributed by atoms with van der Waals surface area (Å²) in [5.41, 5.74) is 0.457. The molecule has 0 radical (unpaired) electrons. The van der Waals surface area contributed by atoms with Crippen LogP contribution >= 0.6 is 11.6 Å². The highest BCUT2D eigenvalue weighted by Crippen LogP contribution is 2.32. The number of benzene rings is 1. The van der Waals surface area contributed by atoms with Gasteiger partial charge in [-0.1, -0.05) is 6.07 Å². The number of hydrogen-bond acceptors (Lipinski definition) is 5. The van der Waals surface area contributed by atoms with Gasteiger partial charge in [-0.2, -0.15) is 4.98 Å². The Hall–Kier alpha value is -1.95. The van der Waals surface area contributed by atoms with Crippen molar-refractivity contribution in [3.63, 3.8) is 0 Å². The van der Waals surface area contributed by atoms with Crippen molar-refractivity contribution in [3.05, 3.63) is 33.6 Å². The molecule has 2 rings (SSSR count). The first-order valence-corrected chi connectivity index (χ1v) is 5.74. The molecule has 2 aromatic rings. The zero-order valence-electron chi connectivity index (χ0n) is 9.92. The van der Waals surface area contributed by atoms with Crippen molar-refractivity contribution in [2.45, 2.75) is 6.92 Å². The first kappa shape index (κ1) is 12.5. The van der Waals surface area contributed by atoms with Gasteiger partial charge >= 0.3 is 0 Å². The molecule has 0 aliphatic rings. The smallest absolute Gasteiger partial charge is 0.282 e. The third kappa shape index (κ3) is 2.06. The molecule has 6 nitrogen and oxygen atoms in total. The molecule has 18 heavy (non-hydrogen) atoms.